The van der Waals surface area contributed by atoms with Crippen LogP contribution in [0.25, 0.3) is 0 Å². The van der Waals surface area contributed by atoms with Gasteiger partial charge in [0.05, 0.1) is 6.04 Å². The molecule has 2 N–H and O–H groups in total. The van der Waals surface area contributed by atoms with E-state index < -0.39 is 6.04 Å². The Morgan fingerprint density at radius 2 is 1.95 bits per heavy atom. The van der Waals surface area contributed by atoms with Gasteiger partial charge in [0.2, 0.25) is 5.91 Å². The number of halogens is 2. The van der Waals surface area contributed by atoms with Gasteiger partial charge in [-0.05, 0) is 24.5 Å². The molecule has 1 aromatic carbocycles. The molecule has 0 aliphatic heterocycles. The minimum Gasteiger partial charge on any atom is -0.337 e. The van der Waals surface area contributed by atoms with Gasteiger partial charge in [-0.1, -0.05) is 50.1 Å². The summed E-state index contributed by atoms with van der Waals surface area (Å²) >= 11 is 6.13. The van der Waals surface area contributed by atoms with Gasteiger partial charge in [-0.25, -0.2) is 0 Å². The third kappa shape index (κ3) is 4.97. The first-order valence-corrected chi connectivity index (χ1v) is 7.16. The van der Waals surface area contributed by atoms with Gasteiger partial charge in [0.15, 0.2) is 0 Å². The van der Waals surface area contributed by atoms with Gasteiger partial charge in [-0.15, -0.1) is 12.4 Å². The molecular formula is C15H24Cl2N2O. The van der Waals surface area contributed by atoms with Crippen LogP contribution in [0, 0.1) is 5.92 Å². The molecule has 2 unspecified atom stereocenters. The second-order valence-corrected chi connectivity index (χ2v) is 5.26. The normalized spacial score (nSPS) is 13.2. The van der Waals surface area contributed by atoms with Crippen LogP contribution in [0.3, 0.4) is 0 Å². The molecule has 3 nitrogen and oxygen atoms in total. The van der Waals surface area contributed by atoms with Gasteiger partial charge in [-0.2, -0.15) is 0 Å². The Hall–Kier alpha value is -0.770. The second-order valence-electron chi connectivity index (χ2n) is 4.86. The van der Waals surface area contributed by atoms with Crippen molar-refractivity contribution in [1.82, 2.24) is 4.90 Å². The van der Waals surface area contributed by atoms with E-state index in [9.17, 15) is 4.79 Å². The lowest BCUT2D eigenvalue weighted by atomic mass is 9.98. The maximum atomic E-state index is 12.3. The molecule has 5 heteroatoms. The van der Waals surface area contributed by atoms with Crippen molar-refractivity contribution >= 4 is 29.9 Å². The van der Waals surface area contributed by atoms with Crippen LogP contribution in [0.4, 0.5) is 0 Å². The van der Waals surface area contributed by atoms with Gasteiger partial charge < -0.3 is 10.6 Å². The summed E-state index contributed by atoms with van der Waals surface area (Å²) < 4.78 is 0. The molecule has 0 heterocycles. The number of carbonyl (C=O) groups is 1. The molecule has 114 valence electrons. The van der Waals surface area contributed by atoms with Crippen LogP contribution >= 0.6 is 24.0 Å². The van der Waals surface area contributed by atoms with Crippen molar-refractivity contribution in [3.63, 3.8) is 0 Å². The van der Waals surface area contributed by atoms with Crippen molar-refractivity contribution in [2.75, 3.05) is 6.54 Å². The molecule has 0 saturated heterocycles. The highest BCUT2D eigenvalue weighted by Crippen LogP contribution is 2.18. The van der Waals surface area contributed by atoms with Crippen molar-refractivity contribution in [3.8, 4) is 0 Å². The molecule has 0 saturated carbocycles. The second kappa shape index (κ2) is 9.22. The van der Waals surface area contributed by atoms with Crippen LogP contribution in [0.1, 0.15) is 32.8 Å². The summed E-state index contributed by atoms with van der Waals surface area (Å²) in [5.41, 5.74) is 6.97. The fourth-order valence-electron chi connectivity index (χ4n) is 1.89. The highest BCUT2D eigenvalue weighted by Gasteiger charge is 2.24. The van der Waals surface area contributed by atoms with Crippen LogP contribution in [-0.2, 0) is 11.3 Å². The number of carbonyl (C=O) groups excluding carboxylic acids is 1. The number of nitrogens with zero attached hydrogens (tertiary/aromatic N) is 1. The van der Waals surface area contributed by atoms with E-state index in [0.717, 1.165) is 12.0 Å². The van der Waals surface area contributed by atoms with Crippen LogP contribution in [-0.4, -0.2) is 23.4 Å². The molecule has 0 fully saturated rings. The molecule has 0 aromatic heterocycles. The number of hydrogen-bond donors (Lipinski definition) is 1. The fraction of sp³-hybridized carbons (Fsp3) is 0.533. The zero-order valence-corrected chi connectivity index (χ0v) is 13.9. The summed E-state index contributed by atoms with van der Waals surface area (Å²) in [6, 6.07) is 7.15. The van der Waals surface area contributed by atoms with E-state index in [-0.39, 0.29) is 24.2 Å². The summed E-state index contributed by atoms with van der Waals surface area (Å²) in [7, 11) is 0. The fourth-order valence-corrected chi connectivity index (χ4v) is 2.08. The van der Waals surface area contributed by atoms with Crippen LogP contribution in [0.15, 0.2) is 24.3 Å². The van der Waals surface area contributed by atoms with E-state index in [1.165, 1.54) is 0 Å². The highest BCUT2D eigenvalue weighted by molar-refractivity contribution is 6.31. The van der Waals surface area contributed by atoms with Crippen molar-refractivity contribution in [1.29, 1.82) is 0 Å². The lowest BCUT2D eigenvalue weighted by Gasteiger charge is -2.27. The summed E-state index contributed by atoms with van der Waals surface area (Å²) in [5.74, 6) is 0.185. The largest absolute Gasteiger partial charge is 0.337 e. The van der Waals surface area contributed by atoms with Gasteiger partial charge in [0, 0.05) is 18.1 Å². The summed E-state index contributed by atoms with van der Waals surface area (Å²) in [6.45, 7) is 7.15. The lowest BCUT2D eigenvalue weighted by molar-refractivity contribution is -0.134. The van der Waals surface area contributed by atoms with E-state index in [1.54, 1.807) is 4.90 Å². The van der Waals surface area contributed by atoms with Crippen molar-refractivity contribution in [3.05, 3.63) is 34.9 Å². The van der Waals surface area contributed by atoms with Crippen LogP contribution in [0.2, 0.25) is 5.02 Å². The first kappa shape index (κ1) is 19.2. The molecule has 1 amide bonds. The van der Waals surface area contributed by atoms with Crippen LogP contribution in [0.5, 0.6) is 0 Å². The number of amides is 1. The monoisotopic (exact) mass is 318 g/mol. The average Bonchev–Trinajstić information content (AvgIpc) is 2.44. The van der Waals surface area contributed by atoms with E-state index in [4.69, 9.17) is 17.3 Å². The maximum absolute atomic E-state index is 12.3. The number of likely N-dealkylation sites (N-methyl/N-ethyl adjacent to an activating group) is 1. The zero-order valence-electron chi connectivity index (χ0n) is 12.3. The molecule has 2 atom stereocenters. The molecule has 0 aliphatic rings. The van der Waals surface area contributed by atoms with E-state index >= 15 is 0 Å². The Balaban J connectivity index is 0.00000361. The standard InChI is InChI=1S/C15H23ClN2O.ClH/c1-4-11(3)14(17)15(19)18(5-2)10-12-8-6-7-9-13(12)16;/h6-9,11,14H,4-5,10,17H2,1-3H3;1H. The van der Waals surface area contributed by atoms with Gasteiger partial charge >= 0.3 is 0 Å². The molecule has 20 heavy (non-hydrogen) atoms. The predicted molar refractivity (Wildman–Crippen MR) is 87.2 cm³/mol. The highest BCUT2D eigenvalue weighted by atomic mass is 35.5. The van der Waals surface area contributed by atoms with E-state index in [2.05, 4.69) is 0 Å². The smallest absolute Gasteiger partial charge is 0.240 e. The Labute approximate surface area is 132 Å². The average molecular weight is 319 g/mol. The molecule has 1 rings (SSSR count). The summed E-state index contributed by atoms with van der Waals surface area (Å²) in [5, 5.41) is 0.686. The number of hydrogen-bond acceptors (Lipinski definition) is 2. The molecule has 0 spiro atoms. The summed E-state index contributed by atoms with van der Waals surface area (Å²) in [6.07, 6.45) is 0.899. The van der Waals surface area contributed by atoms with Crippen molar-refractivity contribution in [2.24, 2.45) is 11.7 Å². The van der Waals surface area contributed by atoms with Crippen LogP contribution < -0.4 is 5.73 Å². The molecule has 0 bridgehead atoms. The molecule has 1 aromatic rings. The minimum absolute atomic E-state index is 0. The third-order valence-electron chi connectivity index (χ3n) is 3.55. The molecule has 0 aliphatic carbocycles. The van der Waals surface area contributed by atoms with Gasteiger partial charge in [0.1, 0.15) is 0 Å². The third-order valence-corrected chi connectivity index (χ3v) is 3.92. The SMILES string of the molecule is CCC(C)C(N)C(=O)N(CC)Cc1ccccc1Cl.Cl. The minimum atomic E-state index is -0.438. The first-order valence-electron chi connectivity index (χ1n) is 6.79. The van der Waals surface area contributed by atoms with Gasteiger partial charge in [-0.3, -0.25) is 4.79 Å². The quantitative estimate of drug-likeness (QED) is 0.872. The van der Waals surface area contributed by atoms with Crippen molar-refractivity contribution in [2.45, 2.75) is 39.8 Å². The summed E-state index contributed by atoms with van der Waals surface area (Å²) in [4.78, 5) is 14.1. The lowest BCUT2D eigenvalue weighted by Crippen LogP contribution is -2.46. The van der Waals surface area contributed by atoms with Crippen molar-refractivity contribution < 1.29 is 4.79 Å². The number of benzene rings is 1. The van der Waals surface area contributed by atoms with E-state index in [1.807, 2.05) is 45.0 Å². The zero-order chi connectivity index (χ0) is 14.4. The Morgan fingerprint density at radius 1 is 1.35 bits per heavy atom. The maximum Gasteiger partial charge on any atom is 0.240 e. The Kier molecular flexibility index (Phi) is 8.86. The number of rotatable bonds is 6. The number of nitrogens with two attached hydrogens (primary N) is 1. The Bertz CT molecular complexity index is 426. The molecule has 0 radical (unpaired) electrons. The van der Waals surface area contributed by atoms with E-state index in [0.29, 0.717) is 18.1 Å². The topological polar surface area (TPSA) is 46.3 Å². The predicted octanol–water partition coefficient (Wildman–Crippen LogP) is 3.48. The molecular weight excluding hydrogens is 295 g/mol. The Morgan fingerprint density at radius 3 is 2.45 bits per heavy atom. The first-order chi connectivity index (χ1) is 9.01. The van der Waals surface area contributed by atoms with Gasteiger partial charge in [0.25, 0.3) is 0 Å².